The molecule has 1 fully saturated rings. The molecular weight excluding hydrogens is 322 g/mol. The summed E-state index contributed by atoms with van der Waals surface area (Å²) in [5.41, 5.74) is 1.52. The summed E-state index contributed by atoms with van der Waals surface area (Å²) in [5, 5.41) is 7.58. The standard InChI is InChI=1S/C19H30ClN3O/c1-4-21-18(22-14-19(9-10-19)11-12-24-5-2)23-15(3)16-7-6-8-17(20)13-16/h6-8,13,15H,4-5,9-12,14H2,1-3H3,(H2,21,22,23). The fourth-order valence-corrected chi connectivity index (χ4v) is 2.93. The Morgan fingerprint density at radius 1 is 1.38 bits per heavy atom. The third kappa shape index (κ3) is 5.99. The van der Waals surface area contributed by atoms with E-state index in [4.69, 9.17) is 21.3 Å². The second kappa shape index (κ2) is 9.28. The van der Waals surface area contributed by atoms with Gasteiger partial charge in [0.2, 0.25) is 0 Å². The molecule has 1 aromatic rings. The van der Waals surface area contributed by atoms with Crippen LogP contribution in [-0.2, 0) is 4.74 Å². The van der Waals surface area contributed by atoms with Crippen LogP contribution in [0.1, 0.15) is 51.6 Å². The number of nitrogens with zero attached hydrogens (tertiary/aromatic N) is 1. The van der Waals surface area contributed by atoms with Gasteiger partial charge in [0.15, 0.2) is 5.96 Å². The minimum Gasteiger partial charge on any atom is -0.382 e. The van der Waals surface area contributed by atoms with Crippen molar-refractivity contribution in [2.75, 3.05) is 26.3 Å². The molecule has 134 valence electrons. The van der Waals surface area contributed by atoms with E-state index < -0.39 is 0 Å². The van der Waals surface area contributed by atoms with Crippen LogP contribution < -0.4 is 10.6 Å². The first kappa shape index (κ1) is 19.1. The van der Waals surface area contributed by atoms with Crippen molar-refractivity contribution in [3.05, 3.63) is 34.9 Å². The highest BCUT2D eigenvalue weighted by Crippen LogP contribution is 2.49. The summed E-state index contributed by atoms with van der Waals surface area (Å²) < 4.78 is 5.51. The minimum absolute atomic E-state index is 0.153. The van der Waals surface area contributed by atoms with Gasteiger partial charge in [0.25, 0.3) is 0 Å². The number of nitrogens with one attached hydrogen (secondary N) is 2. The molecule has 1 atom stereocenters. The summed E-state index contributed by atoms with van der Waals surface area (Å²) in [4.78, 5) is 4.82. The van der Waals surface area contributed by atoms with Gasteiger partial charge >= 0.3 is 0 Å². The summed E-state index contributed by atoms with van der Waals surface area (Å²) in [5.74, 6) is 0.868. The summed E-state index contributed by atoms with van der Waals surface area (Å²) >= 11 is 6.09. The molecule has 2 N–H and O–H groups in total. The van der Waals surface area contributed by atoms with Crippen LogP contribution in [0, 0.1) is 5.41 Å². The Morgan fingerprint density at radius 2 is 2.17 bits per heavy atom. The first-order chi connectivity index (χ1) is 11.6. The molecule has 1 aliphatic carbocycles. The zero-order valence-corrected chi connectivity index (χ0v) is 15.8. The zero-order valence-electron chi connectivity index (χ0n) is 15.1. The molecule has 1 saturated carbocycles. The van der Waals surface area contributed by atoms with E-state index in [0.29, 0.717) is 5.41 Å². The van der Waals surface area contributed by atoms with Crippen molar-refractivity contribution >= 4 is 17.6 Å². The maximum atomic E-state index is 6.09. The Kier molecular flexibility index (Phi) is 7.38. The summed E-state index contributed by atoms with van der Waals surface area (Å²) in [6.45, 7) is 9.60. The van der Waals surface area contributed by atoms with E-state index >= 15 is 0 Å². The molecule has 24 heavy (non-hydrogen) atoms. The van der Waals surface area contributed by atoms with Gasteiger partial charge in [0, 0.05) is 31.3 Å². The highest BCUT2D eigenvalue weighted by Gasteiger charge is 2.41. The third-order valence-corrected chi connectivity index (χ3v) is 4.79. The maximum Gasteiger partial charge on any atom is 0.191 e. The lowest BCUT2D eigenvalue weighted by molar-refractivity contribution is 0.129. The van der Waals surface area contributed by atoms with Crippen molar-refractivity contribution in [2.24, 2.45) is 10.4 Å². The molecule has 0 aliphatic heterocycles. The lowest BCUT2D eigenvalue weighted by atomic mass is 10.0. The van der Waals surface area contributed by atoms with Crippen molar-refractivity contribution in [2.45, 2.75) is 46.1 Å². The Hall–Kier alpha value is -1.26. The van der Waals surface area contributed by atoms with E-state index in [-0.39, 0.29) is 6.04 Å². The van der Waals surface area contributed by atoms with E-state index in [9.17, 15) is 0 Å². The van der Waals surface area contributed by atoms with E-state index in [2.05, 4.69) is 30.5 Å². The Labute approximate surface area is 151 Å². The van der Waals surface area contributed by atoms with Crippen molar-refractivity contribution < 1.29 is 4.74 Å². The predicted molar refractivity (Wildman–Crippen MR) is 102 cm³/mol. The molecular formula is C19H30ClN3O. The van der Waals surface area contributed by atoms with E-state index in [0.717, 1.165) is 49.3 Å². The molecule has 0 radical (unpaired) electrons. The number of hydrogen-bond acceptors (Lipinski definition) is 2. The first-order valence-electron chi connectivity index (χ1n) is 8.96. The van der Waals surface area contributed by atoms with Gasteiger partial charge in [0.05, 0.1) is 6.04 Å². The van der Waals surface area contributed by atoms with Crippen LogP contribution in [0.4, 0.5) is 0 Å². The SMILES string of the molecule is CCNC(=NCC1(CCOCC)CC1)NC(C)c1cccc(Cl)c1. The predicted octanol–water partition coefficient (Wildman–Crippen LogP) is 4.16. The minimum atomic E-state index is 0.153. The third-order valence-electron chi connectivity index (χ3n) is 4.56. The van der Waals surface area contributed by atoms with Gasteiger partial charge in [-0.05, 0) is 63.1 Å². The van der Waals surface area contributed by atoms with Crippen LogP contribution in [0.3, 0.4) is 0 Å². The van der Waals surface area contributed by atoms with Crippen molar-refractivity contribution in [1.82, 2.24) is 10.6 Å². The van der Waals surface area contributed by atoms with Gasteiger partial charge in [0.1, 0.15) is 0 Å². The van der Waals surface area contributed by atoms with Gasteiger partial charge in [-0.25, -0.2) is 0 Å². The van der Waals surface area contributed by atoms with E-state index in [1.165, 1.54) is 12.8 Å². The monoisotopic (exact) mass is 351 g/mol. The van der Waals surface area contributed by atoms with Crippen LogP contribution in [0.15, 0.2) is 29.3 Å². The molecule has 1 unspecified atom stereocenters. The molecule has 0 spiro atoms. The van der Waals surface area contributed by atoms with Gasteiger partial charge in [-0.2, -0.15) is 0 Å². The molecule has 4 nitrogen and oxygen atoms in total. The molecule has 1 aromatic carbocycles. The van der Waals surface area contributed by atoms with Crippen LogP contribution in [0.2, 0.25) is 5.02 Å². The number of guanidine groups is 1. The topological polar surface area (TPSA) is 45.7 Å². The number of rotatable bonds is 9. The smallest absolute Gasteiger partial charge is 0.191 e. The van der Waals surface area contributed by atoms with Crippen LogP contribution >= 0.6 is 11.6 Å². The lowest BCUT2D eigenvalue weighted by Crippen LogP contribution is -2.39. The quantitative estimate of drug-likeness (QED) is 0.399. The highest BCUT2D eigenvalue weighted by molar-refractivity contribution is 6.30. The Morgan fingerprint density at radius 3 is 2.79 bits per heavy atom. The number of aliphatic imine (C=N–C) groups is 1. The first-order valence-corrected chi connectivity index (χ1v) is 9.34. The molecule has 5 heteroatoms. The fourth-order valence-electron chi connectivity index (χ4n) is 2.73. The summed E-state index contributed by atoms with van der Waals surface area (Å²) in [6.07, 6.45) is 3.62. The van der Waals surface area contributed by atoms with Gasteiger partial charge in [-0.1, -0.05) is 23.7 Å². The Bertz CT molecular complexity index is 543. The average molecular weight is 352 g/mol. The fraction of sp³-hybridized carbons (Fsp3) is 0.632. The van der Waals surface area contributed by atoms with E-state index in [1.54, 1.807) is 0 Å². The van der Waals surface area contributed by atoms with Crippen molar-refractivity contribution in [3.8, 4) is 0 Å². The second-order valence-electron chi connectivity index (χ2n) is 6.56. The molecule has 0 saturated heterocycles. The number of benzene rings is 1. The highest BCUT2D eigenvalue weighted by atomic mass is 35.5. The normalized spacial score (nSPS) is 17.4. The molecule has 0 amide bonds. The molecule has 2 rings (SSSR count). The molecule has 1 aliphatic rings. The molecule has 0 heterocycles. The average Bonchev–Trinajstić information content (AvgIpc) is 3.33. The maximum absolute atomic E-state index is 6.09. The largest absolute Gasteiger partial charge is 0.382 e. The lowest BCUT2D eigenvalue weighted by Gasteiger charge is -2.20. The number of ether oxygens (including phenoxy) is 1. The van der Waals surface area contributed by atoms with E-state index in [1.807, 2.05) is 25.1 Å². The van der Waals surface area contributed by atoms with Gasteiger partial charge in [-0.3, -0.25) is 4.99 Å². The Balaban J connectivity index is 1.93. The zero-order chi connectivity index (χ0) is 17.4. The summed E-state index contributed by atoms with van der Waals surface area (Å²) in [6, 6.07) is 8.10. The van der Waals surface area contributed by atoms with Gasteiger partial charge < -0.3 is 15.4 Å². The molecule has 0 bridgehead atoms. The van der Waals surface area contributed by atoms with Crippen molar-refractivity contribution in [3.63, 3.8) is 0 Å². The number of hydrogen-bond donors (Lipinski definition) is 2. The summed E-state index contributed by atoms with van der Waals surface area (Å²) in [7, 11) is 0. The van der Waals surface area contributed by atoms with Gasteiger partial charge in [-0.15, -0.1) is 0 Å². The molecule has 0 aromatic heterocycles. The van der Waals surface area contributed by atoms with Crippen LogP contribution in [0.25, 0.3) is 0 Å². The van der Waals surface area contributed by atoms with Crippen molar-refractivity contribution in [1.29, 1.82) is 0 Å². The number of halogens is 1. The van der Waals surface area contributed by atoms with Crippen LogP contribution in [-0.4, -0.2) is 32.3 Å². The second-order valence-corrected chi connectivity index (χ2v) is 7.00. The van der Waals surface area contributed by atoms with Crippen LogP contribution in [0.5, 0.6) is 0 Å².